The van der Waals surface area contributed by atoms with Crippen LogP contribution in [0.2, 0.25) is 0 Å². The monoisotopic (exact) mass is 382 g/mol. The number of rotatable bonds is 5. The lowest BCUT2D eigenvalue weighted by Crippen LogP contribution is -2.50. The molecule has 2 fully saturated rings. The molecule has 0 bridgehead atoms. The molecule has 8 heteroatoms. The first-order chi connectivity index (χ1) is 12.3. The quantitative estimate of drug-likeness (QED) is 0.779. The maximum Gasteiger partial charge on any atom is 0.246 e. The van der Waals surface area contributed by atoms with Crippen LogP contribution < -0.4 is 0 Å². The average Bonchev–Trinajstić information content (AvgIpc) is 3.21. The minimum absolute atomic E-state index is 0.169. The Bertz CT molecular complexity index is 758. The summed E-state index contributed by atoms with van der Waals surface area (Å²) in [6.07, 6.45) is 6.67. The molecule has 3 rings (SSSR count). The third-order valence-corrected chi connectivity index (χ3v) is 8.02. The van der Waals surface area contributed by atoms with Gasteiger partial charge >= 0.3 is 0 Å². The third kappa shape index (κ3) is 3.81. The maximum atomic E-state index is 13.0. The van der Waals surface area contributed by atoms with Gasteiger partial charge in [0.05, 0.1) is 11.4 Å². The molecule has 0 radical (unpaired) electrons. The van der Waals surface area contributed by atoms with Crippen molar-refractivity contribution in [3.8, 4) is 0 Å². The van der Waals surface area contributed by atoms with E-state index in [1.165, 1.54) is 30.0 Å². The summed E-state index contributed by atoms with van der Waals surface area (Å²) in [6, 6.07) is 0. The van der Waals surface area contributed by atoms with Crippen LogP contribution in [0.1, 0.15) is 49.9 Å². The van der Waals surface area contributed by atoms with E-state index in [0.717, 1.165) is 6.42 Å². The van der Waals surface area contributed by atoms with Crippen LogP contribution in [0, 0.1) is 19.8 Å². The molecule has 146 valence electrons. The van der Waals surface area contributed by atoms with Crippen LogP contribution >= 0.6 is 0 Å². The van der Waals surface area contributed by atoms with Crippen LogP contribution in [0.3, 0.4) is 0 Å². The Hall–Kier alpha value is -1.41. The Morgan fingerprint density at radius 2 is 1.73 bits per heavy atom. The van der Waals surface area contributed by atoms with Gasteiger partial charge in [-0.15, -0.1) is 0 Å². The number of nitrogens with zero attached hydrogens (tertiary/aromatic N) is 4. The summed E-state index contributed by atoms with van der Waals surface area (Å²) >= 11 is 0. The van der Waals surface area contributed by atoms with E-state index in [1.54, 1.807) is 25.6 Å². The number of sulfonamides is 1. The van der Waals surface area contributed by atoms with Gasteiger partial charge in [0.2, 0.25) is 15.9 Å². The predicted molar refractivity (Wildman–Crippen MR) is 99.2 cm³/mol. The Morgan fingerprint density at radius 1 is 1.12 bits per heavy atom. The lowest BCUT2D eigenvalue weighted by molar-refractivity contribution is -0.132. The maximum absolute atomic E-state index is 13.0. The van der Waals surface area contributed by atoms with Crippen molar-refractivity contribution in [3.63, 3.8) is 0 Å². The number of carbonyl (C=O) groups is 1. The van der Waals surface area contributed by atoms with Gasteiger partial charge in [-0.3, -0.25) is 9.48 Å². The molecule has 2 aliphatic rings. The highest BCUT2D eigenvalue weighted by Gasteiger charge is 2.33. The molecule has 0 N–H and O–H groups in total. The summed E-state index contributed by atoms with van der Waals surface area (Å²) < 4.78 is 29.1. The SMILES string of the molecule is Cc1nn(C)c(C)c1S(=O)(=O)N1CCN(C(=O)CCC2CCCC2)CC1. The van der Waals surface area contributed by atoms with E-state index < -0.39 is 10.0 Å². The Labute approximate surface area is 156 Å². The summed E-state index contributed by atoms with van der Waals surface area (Å²) in [5.74, 6) is 0.875. The van der Waals surface area contributed by atoms with E-state index in [-0.39, 0.29) is 5.91 Å². The zero-order valence-corrected chi connectivity index (χ0v) is 16.9. The smallest absolute Gasteiger partial charge is 0.246 e. The summed E-state index contributed by atoms with van der Waals surface area (Å²) in [5, 5.41) is 4.22. The molecule has 0 atom stereocenters. The minimum Gasteiger partial charge on any atom is -0.340 e. The van der Waals surface area contributed by atoms with Crippen LogP contribution in [-0.2, 0) is 21.9 Å². The largest absolute Gasteiger partial charge is 0.340 e. The van der Waals surface area contributed by atoms with Crippen LogP contribution in [0.25, 0.3) is 0 Å². The first-order valence-corrected chi connectivity index (χ1v) is 11.0. The van der Waals surface area contributed by atoms with E-state index in [4.69, 9.17) is 0 Å². The number of amides is 1. The van der Waals surface area contributed by atoms with Crippen molar-refractivity contribution >= 4 is 15.9 Å². The van der Waals surface area contributed by atoms with E-state index >= 15 is 0 Å². The summed E-state index contributed by atoms with van der Waals surface area (Å²) in [7, 11) is -1.81. The summed E-state index contributed by atoms with van der Waals surface area (Å²) in [4.78, 5) is 14.6. The van der Waals surface area contributed by atoms with Crippen LogP contribution in [0.5, 0.6) is 0 Å². The molecule has 1 aliphatic carbocycles. The topological polar surface area (TPSA) is 75.5 Å². The van der Waals surface area contributed by atoms with Crippen molar-refractivity contribution in [2.45, 2.75) is 57.3 Å². The van der Waals surface area contributed by atoms with Gasteiger partial charge in [0.25, 0.3) is 0 Å². The minimum atomic E-state index is -3.57. The highest BCUT2D eigenvalue weighted by Crippen LogP contribution is 2.29. The average molecular weight is 383 g/mol. The number of piperazine rings is 1. The summed E-state index contributed by atoms with van der Waals surface area (Å²) in [5.41, 5.74) is 1.18. The molecular weight excluding hydrogens is 352 g/mol. The van der Waals surface area contributed by atoms with Crippen LogP contribution in [0.15, 0.2) is 4.90 Å². The lowest BCUT2D eigenvalue weighted by atomic mass is 10.0. The van der Waals surface area contributed by atoms with Crippen molar-refractivity contribution in [1.82, 2.24) is 19.0 Å². The highest BCUT2D eigenvalue weighted by atomic mass is 32.2. The molecule has 1 saturated heterocycles. The van der Waals surface area contributed by atoms with E-state index in [0.29, 0.717) is 54.8 Å². The molecule has 26 heavy (non-hydrogen) atoms. The molecule has 0 spiro atoms. The Morgan fingerprint density at radius 3 is 2.27 bits per heavy atom. The molecular formula is C18H30N4O3S. The second kappa shape index (κ2) is 7.68. The van der Waals surface area contributed by atoms with Crippen molar-refractivity contribution in [3.05, 3.63) is 11.4 Å². The second-order valence-electron chi connectivity index (χ2n) is 7.60. The first kappa shape index (κ1) is 19.4. The fourth-order valence-corrected chi connectivity index (χ4v) is 6.04. The number of hydrogen-bond acceptors (Lipinski definition) is 4. The molecule has 1 aromatic rings. The third-order valence-electron chi connectivity index (χ3n) is 5.87. The molecule has 1 saturated carbocycles. The van der Waals surface area contributed by atoms with Gasteiger partial charge < -0.3 is 4.90 Å². The van der Waals surface area contributed by atoms with E-state index in [2.05, 4.69) is 5.10 Å². The molecule has 7 nitrogen and oxygen atoms in total. The van der Waals surface area contributed by atoms with Crippen molar-refractivity contribution < 1.29 is 13.2 Å². The highest BCUT2D eigenvalue weighted by molar-refractivity contribution is 7.89. The number of hydrogen-bond donors (Lipinski definition) is 0. The zero-order chi connectivity index (χ0) is 18.9. The van der Waals surface area contributed by atoms with Gasteiger partial charge in [0.15, 0.2) is 0 Å². The van der Waals surface area contributed by atoms with Crippen molar-refractivity contribution in [1.29, 1.82) is 0 Å². The predicted octanol–water partition coefficient (Wildman–Crippen LogP) is 1.84. The number of aryl methyl sites for hydroxylation is 2. The molecule has 2 heterocycles. The van der Waals surface area contributed by atoms with Gasteiger partial charge in [-0.05, 0) is 26.2 Å². The molecule has 0 aromatic carbocycles. The van der Waals surface area contributed by atoms with Gasteiger partial charge in [-0.2, -0.15) is 9.40 Å². The number of carbonyl (C=O) groups excluding carboxylic acids is 1. The zero-order valence-electron chi connectivity index (χ0n) is 16.1. The van der Waals surface area contributed by atoms with Crippen LogP contribution in [-0.4, -0.2) is 59.5 Å². The lowest BCUT2D eigenvalue weighted by Gasteiger charge is -2.34. The van der Waals surface area contributed by atoms with Gasteiger partial charge in [0.1, 0.15) is 4.90 Å². The van der Waals surface area contributed by atoms with Gasteiger partial charge in [-0.1, -0.05) is 25.7 Å². The van der Waals surface area contributed by atoms with Gasteiger partial charge in [-0.25, -0.2) is 8.42 Å². The molecule has 1 aliphatic heterocycles. The normalized spacial score (nSPS) is 20.0. The molecule has 0 unspecified atom stereocenters. The van der Waals surface area contributed by atoms with Crippen molar-refractivity contribution in [2.24, 2.45) is 13.0 Å². The summed E-state index contributed by atoms with van der Waals surface area (Å²) in [6.45, 7) is 5.15. The Balaban J connectivity index is 1.58. The Kier molecular flexibility index (Phi) is 5.72. The molecule has 1 aromatic heterocycles. The van der Waals surface area contributed by atoms with Gasteiger partial charge in [0, 0.05) is 39.6 Å². The van der Waals surface area contributed by atoms with E-state index in [1.807, 2.05) is 4.90 Å². The fraction of sp³-hybridized carbons (Fsp3) is 0.778. The second-order valence-corrected chi connectivity index (χ2v) is 9.47. The van der Waals surface area contributed by atoms with Crippen molar-refractivity contribution in [2.75, 3.05) is 26.2 Å². The standard InChI is InChI=1S/C18H30N4O3S/c1-14-18(15(2)20(3)19-14)26(24,25)22-12-10-21(11-13-22)17(23)9-8-16-6-4-5-7-16/h16H,4-13H2,1-3H3. The van der Waals surface area contributed by atoms with E-state index in [9.17, 15) is 13.2 Å². The first-order valence-electron chi connectivity index (χ1n) is 9.59. The molecule has 1 amide bonds. The number of aromatic nitrogens is 2. The van der Waals surface area contributed by atoms with Crippen LogP contribution in [0.4, 0.5) is 0 Å². The fourth-order valence-electron chi connectivity index (χ4n) is 4.22.